The first-order chi connectivity index (χ1) is 8.00. The number of rotatable bonds is 2. The molecule has 17 heavy (non-hydrogen) atoms. The van der Waals surface area contributed by atoms with E-state index in [2.05, 4.69) is 10.2 Å². The topological polar surface area (TPSA) is 59.9 Å². The van der Waals surface area contributed by atoms with E-state index in [-0.39, 0.29) is 9.92 Å². The van der Waals surface area contributed by atoms with Gasteiger partial charge in [0.15, 0.2) is 5.03 Å². The first kappa shape index (κ1) is 11.7. The van der Waals surface area contributed by atoms with E-state index >= 15 is 0 Å². The minimum atomic E-state index is -3.55. The molecule has 2 aromatic rings. The molecule has 0 fully saturated rings. The van der Waals surface area contributed by atoms with E-state index in [9.17, 15) is 8.42 Å². The second-order valence-electron chi connectivity index (χ2n) is 3.83. The molecule has 4 nitrogen and oxygen atoms in total. The standard InChI is InChI=1S/C12H12N2O2S/c1-9-3-6-11(7-4-9)17(15,16)12-8-5-10(2)13-14-12/h3-8H,1-2H3. The van der Waals surface area contributed by atoms with E-state index in [1.54, 1.807) is 37.3 Å². The third-order valence-electron chi connectivity index (χ3n) is 2.38. The molecule has 0 saturated carbocycles. The Kier molecular flexibility index (Phi) is 2.93. The van der Waals surface area contributed by atoms with Crippen molar-refractivity contribution in [1.82, 2.24) is 10.2 Å². The van der Waals surface area contributed by atoms with Gasteiger partial charge in [0, 0.05) is 0 Å². The molecule has 0 aliphatic carbocycles. The van der Waals surface area contributed by atoms with E-state index in [1.807, 2.05) is 6.92 Å². The predicted molar refractivity (Wildman–Crippen MR) is 63.4 cm³/mol. The molecule has 0 N–H and O–H groups in total. The maximum Gasteiger partial charge on any atom is 0.225 e. The molecule has 2 rings (SSSR count). The molecule has 0 saturated heterocycles. The number of hydrogen-bond acceptors (Lipinski definition) is 4. The summed E-state index contributed by atoms with van der Waals surface area (Å²) in [4.78, 5) is 0.237. The summed E-state index contributed by atoms with van der Waals surface area (Å²) < 4.78 is 24.3. The number of nitrogens with zero attached hydrogens (tertiary/aromatic N) is 2. The van der Waals surface area contributed by atoms with Crippen molar-refractivity contribution in [3.63, 3.8) is 0 Å². The van der Waals surface area contributed by atoms with Crippen LogP contribution in [0.5, 0.6) is 0 Å². The molecular weight excluding hydrogens is 236 g/mol. The third-order valence-corrected chi connectivity index (χ3v) is 4.04. The van der Waals surface area contributed by atoms with Crippen LogP contribution in [0, 0.1) is 13.8 Å². The maximum atomic E-state index is 12.2. The van der Waals surface area contributed by atoms with Crippen LogP contribution in [-0.2, 0) is 9.84 Å². The molecule has 0 aliphatic rings. The normalized spacial score (nSPS) is 11.4. The third kappa shape index (κ3) is 2.34. The van der Waals surface area contributed by atoms with Gasteiger partial charge in [-0.3, -0.25) is 0 Å². The van der Waals surface area contributed by atoms with E-state index in [1.165, 1.54) is 6.07 Å². The van der Waals surface area contributed by atoms with Crippen LogP contribution >= 0.6 is 0 Å². The van der Waals surface area contributed by atoms with Gasteiger partial charge in [-0.05, 0) is 38.1 Å². The summed E-state index contributed by atoms with van der Waals surface area (Å²) >= 11 is 0. The Balaban J connectivity index is 2.50. The van der Waals surface area contributed by atoms with Gasteiger partial charge in [-0.25, -0.2) is 8.42 Å². The van der Waals surface area contributed by atoms with Gasteiger partial charge in [-0.2, -0.15) is 5.10 Å². The fraction of sp³-hybridized carbons (Fsp3) is 0.167. The Labute approximate surface area is 100 Å². The number of aromatic nitrogens is 2. The van der Waals surface area contributed by atoms with Crippen molar-refractivity contribution in [2.75, 3.05) is 0 Å². The summed E-state index contributed by atoms with van der Waals surface area (Å²) in [6, 6.07) is 9.77. The minimum absolute atomic E-state index is 0.0213. The van der Waals surface area contributed by atoms with Crippen LogP contribution in [-0.4, -0.2) is 18.6 Å². The fourth-order valence-corrected chi connectivity index (χ4v) is 2.50. The first-order valence-corrected chi connectivity index (χ1v) is 6.60. The SMILES string of the molecule is Cc1ccc(S(=O)(=O)c2ccc(C)nn2)cc1. The predicted octanol–water partition coefficient (Wildman–Crippen LogP) is 1.93. The largest absolute Gasteiger partial charge is 0.225 e. The van der Waals surface area contributed by atoms with Crippen LogP contribution in [0.15, 0.2) is 46.3 Å². The van der Waals surface area contributed by atoms with E-state index in [4.69, 9.17) is 0 Å². The molecule has 1 heterocycles. The Morgan fingerprint density at radius 1 is 0.882 bits per heavy atom. The highest BCUT2D eigenvalue weighted by atomic mass is 32.2. The van der Waals surface area contributed by atoms with Gasteiger partial charge in [0.2, 0.25) is 9.84 Å². The zero-order valence-corrected chi connectivity index (χ0v) is 10.4. The van der Waals surface area contributed by atoms with Gasteiger partial charge in [0.1, 0.15) is 0 Å². The number of sulfone groups is 1. The lowest BCUT2D eigenvalue weighted by Gasteiger charge is -2.03. The molecule has 1 aromatic heterocycles. The molecule has 0 aliphatic heterocycles. The monoisotopic (exact) mass is 248 g/mol. The van der Waals surface area contributed by atoms with Crippen LogP contribution in [0.2, 0.25) is 0 Å². The lowest BCUT2D eigenvalue weighted by Crippen LogP contribution is -2.05. The highest BCUT2D eigenvalue weighted by Gasteiger charge is 2.19. The van der Waals surface area contributed by atoms with Crippen molar-refractivity contribution < 1.29 is 8.42 Å². The highest BCUT2D eigenvalue weighted by Crippen LogP contribution is 2.18. The first-order valence-electron chi connectivity index (χ1n) is 5.12. The van der Waals surface area contributed by atoms with Crippen LogP contribution in [0.3, 0.4) is 0 Å². The van der Waals surface area contributed by atoms with Gasteiger partial charge in [0.05, 0.1) is 10.6 Å². The van der Waals surface area contributed by atoms with Crippen LogP contribution in [0.4, 0.5) is 0 Å². The fourth-order valence-electron chi connectivity index (χ4n) is 1.37. The smallest absolute Gasteiger partial charge is 0.217 e. The quantitative estimate of drug-likeness (QED) is 0.814. The molecule has 0 radical (unpaired) electrons. The molecule has 1 aromatic carbocycles. The Morgan fingerprint density at radius 2 is 1.53 bits per heavy atom. The second-order valence-corrected chi connectivity index (χ2v) is 5.73. The van der Waals surface area contributed by atoms with E-state index in [0.29, 0.717) is 5.69 Å². The minimum Gasteiger partial charge on any atom is -0.217 e. The van der Waals surface area contributed by atoms with Crippen LogP contribution in [0.1, 0.15) is 11.3 Å². The van der Waals surface area contributed by atoms with E-state index in [0.717, 1.165) is 5.56 Å². The molecular formula is C12H12N2O2S. The van der Waals surface area contributed by atoms with Crippen molar-refractivity contribution in [3.8, 4) is 0 Å². The van der Waals surface area contributed by atoms with E-state index < -0.39 is 9.84 Å². The summed E-state index contributed by atoms with van der Waals surface area (Å²) in [6.07, 6.45) is 0. The average molecular weight is 248 g/mol. The van der Waals surface area contributed by atoms with Crippen molar-refractivity contribution in [2.24, 2.45) is 0 Å². The average Bonchev–Trinajstić information content (AvgIpc) is 2.30. The zero-order chi connectivity index (χ0) is 12.5. The summed E-state index contributed by atoms with van der Waals surface area (Å²) in [6.45, 7) is 3.66. The Morgan fingerprint density at radius 3 is 2.06 bits per heavy atom. The van der Waals surface area contributed by atoms with Gasteiger partial charge in [0.25, 0.3) is 0 Å². The van der Waals surface area contributed by atoms with Crippen molar-refractivity contribution >= 4 is 9.84 Å². The molecule has 88 valence electrons. The Hall–Kier alpha value is -1.75. The number of benzene rings is 1. The molecule has 0 bridgehead atoms. The summed E-state index contributed by atoms with van der Waals surface area (Å²) in [5.74, 6) is 0. The molecule has 5 heteroatoms. The van der Waals surface area contributed by atoms with Crippen LogP contribution in [0.25, 0.3) is 0 Å². The number of hydrogen-bond donors (Lipinski definition) is 0. The summed E-state index contributed by atoms with van der Waals surface area (Å²) in [7, 11) is -3.55. The highest BCUT2D eigenvalue weighted by molar-refractivity contribution is 7.91. The van der Waals surface area contributed by atoms with Crippen LogP contribution < -0.4 is 0 Å². The van der Waals surface area contributed by atoms with Gasteiger partial charge in [-0.15, -0.1) is 5.10 Å². The lowest BCUT2D eigenvalue weighted by molar-refractivity contribution is 0.589. The summed E-state index contributed by atoms with van der Waals surface area (Å²) in [5, 5.41) is 7.45. The van der Waals surface area contributed by atoms with Crippen molar-refractivity contribution in [2.45, 2.75) is 23.8 Å². The van der Waals surface area contributed by atoms with Gasteiger partial charge in [-0.1, -0.05) is 17.7 Å². The molecule has 0 atom stereocenters. The number of aryl methyl sites for hydroxylation is 2. The molecule has 0 unspecified atom stereocenters. The van der Waals surface area contributed by atoms with Gasteiger partial charge >= 0.3 is 0 Å². The van der Waals surface area contributed by atoms with Crippen molar-refractivity contribution in [3.05, 3.63) is 47.7 Å². The van der Waals surface area contributed by atoms with Gasteiger partial charge < -0.3 is 0 Å². The summed E-state index contributed by atoms with van der Waals surface area (Å²) in [5.41, 5.74) is 1.70. The maximum absolute atomic E-state index is 12.2. The molecule has 0 spiro atoms. The van der Waals surface area contributed by atoms with Crippen molar-refractivity contribution in [1.29, 1.82) is 0 Å². The zero-order valence-electron chi connectivity index (χ0n) is 9.58. The lowest BCUT2D eigenvalue weighted by atomic mass is 10.2. The molecule has 0 amide bonds. The second kappa shape index (κ2) is 4.25. The Bertz CT molecular complexity index is 565.